The van der Waals surface area contributed by atoms with E-state index in [9.17, 15) is 0 Å². The summed E-state index contributed by atoms with van der Waals surface area (Å²) in [7, 11) is 0. The Labute approximate surface area is 122 Å². The summed E-state index contributed by atoms with van der Waals surface area (Å²) in [4.78, 5) is 11.5. The van der Waals surface area contributed by atoms with Gasteiger partial charge in [0.1, 0.15) is 5.84 Å². The first kappa shape index (κ1) is 14.8. The van der Waals surface area contributed by atoms with Crippen LogP contribution < -0.4 is 0 Å². The van der Waals surface area contributed by atoms with Crippen molar-refractivity contribution in [2.75, 3.05) is 0 Å². The van der Waals surface area contributed by atoms with E-state index in [4.69, 9.17) is 4.99 Å². The first-order chi connectivity index (χ1) is 9.34. The van der Waals surface area contributed by atoms with Crippen LogP contribution in [0.2, 0.25) is 0 Å². The second-order valence-corrected chi connectivity index (χ2v) is 6.35. The first-order valence-corrected chi connectivity index (χ1v) is 7.40. The maximum absolute atomic E-state index is 4.98. The number of aliphatic imine (C=N–C) groups is 2. The van der Waals surface area contributed by atoms with Crippen LogP contribution in [0.5, 0.6) is 0 Å². The number of fused-ring (bicyclic) bond motifs is 1. The molecule has 0 aromatic rings. The predicted molar refractivity (Wildman–Crippen MR) is 86.5 cm³/mol. The Hall–Kier alpha value is -1.64. The van der Waals surface area contributed by atoms with Crippen molar-refractivity contribution in [2.24, 2.45) is 27.7 Å². The van der Waals surface area contributed by atoms with E-state index in [-0.39, 0.29) is 0 Å². The molecule has 0 spiro atoms. The highest BCUT2D eigenvalue weighted by Gasteiger charge is 2.33. The summed E-state index contributed by atoms with van der Waals surface area (Å²) < 4.78 is 0. The lowest BCUT2D eigenvalue weighted by Crippen LogP contribution is -2.39. The topological polar surface area (TPSA) is 28.0 Å². The van der Waals surface area contributed by atoms with Gasteiger partial charge in [-0.2, -0.15) is 0 Å². The van der Waals surface area contributed by atoms with Gasteiger partial charge in [-0.25, -0.2) is 4.99 Å². The number of allylic oxidation sites excluding steroid dienone is 3. The molecule has 20 heavy (non-hydrogen) atoms. The van der Waals surface area contributed by atoms with Crippen LogP contribution in [0.25, 0.3) is 0 Å². The molecule has 2 aliphatic heterocycles. The van der Waals surface area contributed by atoms with Gasteiger partial charge in [-0.15, -0.1) is 0 Å². The molecule has 2 heterocycles. The SMILES string of the molecule is C=C1C=NC=C2C(C(C)C)=C(C(C)C)N=C(C(C)C)N12. The molecular weight excluding hydrogens is 246 g/mol. The van der Waals surface area contributed by atoms with Crippen LogP contribution in [0.3, 0.4) is 0 Å². The average Bonchev–Trinajstić information content (AvgIpc) is 2.36. The normalized spacial score (nSPS) is 19.1. The van der Waals surface area contributed by atoms with Crippen molar-refractivity contribution in [1.29, 1.82) is 0 Å². The minimum absolute atomic E-state index is 0.351. The Morgan fingerprint density at radius 3 is 2.15 bits per heavy atom. The fraction of sp³-hybridized carbons (Fsp3) is 0.529. The highest BCUT2D eigenvalue weighted by atomic mass is 15.2. The second-order valence-electron chi connectivity index (χ2n) is 6.35. The van der Waals surface area contributed by atoms with E-state index in [2.05, 4.69) is 58.0 Å². The molecule has 2 rings (SSSR count). The predicted octanol–water partition coefficient (Wildman–Crippen LogP) is 4.36. The van der Waals surface area contributed by atoms with Crippen LogP contribution in [-0.4, -0.2) is 17.0 Å². The molecule has 3 nitrogen and oxygen atoms in total. The minimum atomic E-state index is 0.351. The summed E-state index contributed by atoms with van der Waals surface area (Å²) in [5, 5.41) is 0. The number of hydrogen-bond acceptors (Lipinski definition) is 3. The molecule has 0 radical (unpaired) electrons. The van der Waals surface area contributed by atoms with E-state index in [1.54, 1.807) is 6.21 Å². The quantitative estimate of drug-likeness (QED) is 0.749. The van der Waals surface area contributed by atoms with Gasteiger partial charge in [0.05, 0.1) is 29.5 Å². The third-order valence-corrected chi connectivity index (χ3v) is 3.61. The molecule has 0 saturated heterocycles. The largest absolute Gasteiger partial charge is 0.295 e. The van der Waals surface area contributed by atoms with Crippen LogP contribution >= 0.6 is 0 Å². The van der Waals surface area contributed by atoms with Crippen LogP contribution in [0.4, 0.5) is 0 Å². The Morgan fingerprint density at radius 2 is 1.65 bits per heavy atom. The van der Waals surface area contributed by atoms with Crippen LogP contribution in [0, 0.1) is 17.8 Å². The Bertz CT molecular complexity index is 543. The standard InChI is InChI=1S/C17H25N3/c1-10(2)15-14-9-18-8-13(7)20(14)17(12(5)6)19-16(15)11(3)4/h8-12H,7H2,1-6H3. The minimum Gasteiger partial charge on any atom is -0.295 e. The van der Waals surface area contributed by atoms with Crippen molar-refractivity contribution < 1.29 is 0 Å². The van der Waals surface area contributed by atoms with E-state index in [0.29, 0.717) is 17.8 Å². The number of hydrogen-bond donors (Lipinski definition) is 0. The molecule has 3 heteroatoms. The average molecular weight is 271 g/mol. The molecule has 0 N–H and O–H groups in total. The van der Waals surface area contributed by atoms with Crippen molar-refractivity contribution in [1.82, 2.24) is 4.90 Å². The molecule has 108 valence electrons. The fourth-order valence-corrected chi connectivity index (χ4v) is 2.71. The third kappa shape index (κ3) is 2.37. The van der Waals surface area contributed by atoms with Crippen molar-refractivity contribution in [3.05, 3.63) is 35.4 Å². The summed E-state index contributed by atoms with van der Waals surface area (Å²) in [5.41, 5.74) is 4.53. The molecule has 0 aliphatic carbocycles. The smallest absolute Gasteiger partial charge is 0.116 e. The Morgan fingerprint density at radius 1 is 1.00 bits per heavy atom. The van der Waals surface area contributed by atoms with Gasteiger partial charge in [0.2, 0.25) is 0 Å². The van der Waals surface area contributed by atoms with Crippen molar-refractivity contribution >= 4 is 12.1 Å². The van der Waals surface area contributed by atoms with Gasteiger partial charge >= 0.3 is 0 Å². The van der Waals surface area contributed by atoms with Crippen LogP contribution in [-0.2, 0) is 0 Å². The van der Waals surface area contributed by atoms with Gasteiger partial charge < -0.3 is 0 Å². The summed E-state index contributed by atoms with van der Waals surface area (Å²) in [6.07, 6.45) is 3.75. The van der Waals surface area contributed by atoms with Crippen molar-refractivity contribution in [3.8, 4) is 0 Å². The molecule has 0 saturated carbocycles. The molecule has 0 atom stereocenters. The van der Waals surface area contributed by atoms with Crippen LogP contribution in [0.1, 0.15) is 41.5 Å². The number of amidine groups is 1. The zero-order valence-electron chi connectivity index (χ0n) is 13.4. The van der Waals surface area contributed by atoms with E-state index >= 15 is 0 Å². The van der Waals surface area contributed by atoms with Gasteiger partial charge in [-0.05, 0) is 11.8 Å². The molecule has 0 fully saturated rings. The summed E-state index contributed by atoms with van der Waals surface area (Å²) in [6.45, 7) is 17.3. The Balaban J connectivity index is 2.69. The molecule has 0 unspecified atom stereocenters. The maximum atomic E-state index is 4.98. The third-order valence-electron chi connectivity index (χ3n) is 3.61. The monoisotopic (exact) mass is 271 g/mol. The summed E-state index contributed by atoms with van der Waals surface area (Å²) >= 11 is 0. The zero-order chi connectivity index (χ0) is 15.0. The second kappa shape index (κ2) is 5.39. The highest BCUT2D eigenvalue weighted by molar-refractivity contribution is 5.96. The van der Waals surface area contributed by atoms with Gasteiger partial charge in [0, 0.05) is 11.5 Å². The van der Waals surface area contributed by atoms with Gasteiger partial charge in [-0.1, -0.05) is 48.1 Å². The summed E-state index contributed by atoms with van der Waals surface area (Å²) in [5.74, 6) is 2.24. The molecule has 0 bridgehead atoms. The molecular formula is C17H25N3. The molecule has 0 amide bonds. The van der Waals surface area contributed by atoms with Crippen molar-refractivity contribution in [3.63, 3.8) is 0 Å². The lowest BCUT2D eigenvalue weighted by Gasteiger charge is -2.39. The van der Waals surface area contributed by atoms with E-state index in [1.807, 2.05) is 6.20 Å². The van der Waals surface area contributed by atoms with E-state index in [0.717, 1.165) is 17.2 Å². The van der Waals surface area contributed by atoms with E-state index in [1.165, 1.54) is 11.3 Å². The molecule has 0 aromatic carbocycles. The highest BCUT2D eigenvalue weighted by Crippen LogP contribution is 2.38. The van der Waals surface area contributed by atoms with Crippen molar-refractivity contribution in [2.45, 2.75) is 41.5 Å². The van der Waals surface area contributed by atoms with Crippen LogP contribution in [0.15, 0.2) is 45.4 Å². The summed E-state index contributed by atoms with van der Waals surface area (Å²) in [6, 6.07) is 0. The van der Waals surface area contributed by atoms with Gasteiger partial charge in [0.25, 0.3) is 0 Å². The van der Waals surface area contributed by atoms with E-state index < -0.39 is 0 Å². The number of nitrogens with zero attached hydrogens (tertiary/aromatic N) is 3. The van der Waals surface area contributed by atoms with Gasteiger partial charge in [0.15, 0.2) is 0 Å². The first-order valence-electron chi connectivity index (χ1n) is 7.40. The maximum Gasteiger partial charge on any atom is 0.116 e. The Kier molecular flexibility index (Phi) is 3.98. The zero-order valence-corrected chi connectivity index (χ0v) is 13.4. The lowest BCUT2D eigenvalue weighted by atomic mass is 9.89. The fourth-order valence-electron chi connectivity index (χ4n) is 2.71. The number of rotatable bonds is 3. The lowest BCUT2D eigenvalue weighted by molar-refractivity contribution is 0.550. The molecule has 2 aliphatic rings. The molecule has 0 aromatic heterocycles. The van der Waals surface area contributed by atoms with Gasteiger partial charge in [-0.3, -0.25) is 9.89 Å².